The molecule has 2 fully saturated rings. The summed E-state index contributed by atoms with van der Waals surface area (Å²) in [5.74, 6) is 0.969. The zero-order valence-corrected chi connectivity index (χ0v) is 18.1. The van der Waals surface area contributed by atoms with Gasteiger partial charge < -0.3 is 9.64 Å². The molecule has 5 heterocycles. The molecule has 32 heavy (non-hydrogen) atoms. The van der Waals surface area contributed by atoms with Gasteiger partial charge in [-0.1, -0.05) is 24.3 Å². The number of nitrogens with one attached hydrogen (secondary N) is 2. The Morgan fingerprint density at radius 2 is 2.03 bits per heavy atom. The van der Waals surface area contributed by atoms with Gasteiger partial charge in [0.25, 0.3) is 0 Å². The molecule has 1 unspecified atom stereocenters. The van der Waals surface area contributed by atoms with Gasteiger partial charge in [0.05, 0.1) is 36.5 Å². The van der Waals surface area contributed by atoms with Crippen molar-refractivity contribution in [2.75, 3.05) is 31.2 Å². The minimum atomic E-state index is 0.141. The highest BCUT2D eigenvalue weighted by atomic mass is 16.5. The Bertz CT molecular complexity index is 1280. The van der Waals surface area contributed by atoms with Gasteiger partial charge in [-0.05, 0) is 36.4 Å². The number of pyridine rings is 3. The van der Waals surface area contributed by atoms with Crippen LogP contribution >= 0.6 is 0 Å². The predicted molar refractivity (Wildman–Crippen MR) is 126 cm³/mol. The Labute approximate surface area is 186 Å². The van der Waals surface area contributed by atoms with Gasteiger partial charge >= 0.3 is 0 Å². The lowest BCUT2D eigenvalue weighted by molar-refractivity contribution is 0.0986. The second-order valence-corrected chi connectivity index (χ2v) is 8.56. The molecule has 1 aromatic carbocycles. The topological polar surface area (TPSA) is 75.2 Å². The molecule has 0 aliphatic carbocycles. The predicted octanol–water partition coefficient (Wildman–Crippen LogP) is 3.61. The minimum absolute atomic E-state index is 0.141. The molecule has 162 valence electrons. The molecule has 7 nitrogen and oxygen atoms in total. The summed E-state index contributed by atoms with van der Waals surface area (Å²) in [5, 5.41) is 3.42. The van der Waals surface area contributed by atoms with E-state index in [1.807, 2.05) is 18.6 Å². The Hall–Kier alpha value is -3.13. The maximum Gasteiger partial charge on any atom is 0.130 e. The van der Waals surface area contributed by atoms with E-state index in [0.29, 0.717) is 13.2 Å². The molecule has 2 aliphatic heterocycles. The molecule has 6 rings (SSSR count). The minimum Gasteiger partial charge on any atom is -0.377 e. The summed E-state index contributed by atoms with van der Waals surface area (Å²) >= 11 is 0. The normalized spacial score (nSPS) is 21.5. The van der Waals surface area contributed by atoms with Crippen molar-refractivity contribution in [3.8, 4) is 11.1 Å². The van der Waals surface area contributed by atoms with E-state index in [1.54, 1.807) is 0 Å². The number of hydrogen-bond donors (Lipinski definition) is 2. The number of aromatic nitrogens is 3. The van der Waals surface area contributed by atoms with Gasteiger partial charge in [-0.15, -0.1) is 0 Å². The van der Waals surface area contributed by atoms with Crippen LogP contribution in [0, 0.1) is 0 Å². The van der Waals surface area contributed by atoms with E-state index in [2.05, 4.69) is 64.1 Å². The summed E-state index contributed by atoms with van der Waals surface area (Å²) in [7, 11) is 0. The van der Waals surface area contributed by atoms with Crippen molar-refractivity contribution in [2.45, 2.75) is 25.4 Å². The van der Waals surface area contributed by atoms with E-state index in [9.17, 15) is 0 Å². The molecule has 0 saturated carbocycles. The van der Waals surface area contributed by atoms with Crippen molar-refractivity contribution in [1.29, 1.82) is 0 Å². The maximum atomic E-state index is 5.69. The Balaban J connectivity index is 1.63. The molecule has 0 spiro atoms. The summed E-state index contributed by atoms with van der Waals surface area (Å²) in [5.41, 5.74) is 10.8. The van der Waals surface area contributed by atoms with Gasteiger partial charge in [0.1, 0.15) is 5.82 Å². The molecule has 2 N–H and O–H groups in total. The second kappa shape index (κ2) is 8.09. The van der Waals surface area contributed by atoms with Crippen molar-refractivity contribution in [1.82, 2.24) is 25.8 Å². The summed E-state index contributed by atoms with van der Waals surface area (Å²) in [6.07, 6.45) is 6.78. The first kappa shape index (κ1) is 19.5. The second-order valence-electron chi connectivity index (χ2n) is 8.56. The Morgan fingerprint density at radius 3 is 2.91 bits per heavy atom. The van der Waals surface area contributed by atoms with Crippen molar-refractivity contribution in [3.63, 3.8) is 0 Å². The summed E-state index contributed by atoms with van der Waals surface area (Å²) in [4.78, 5) is 16.9. The Morgan fingerprint density at radius 1 is 1.09 bits per heavy atom. The first-order valence-corrected chi connectivity index (χ1v) is 11.2. The first-order valence-electron chi connectivity index (χ1n) is 11.2. The van der Waals surface area contributed by atoms with Gasteiger partial charge in [-0.25, -0.2) is 10.4 Å². The van der Waals surface area contributed by atoms with Crippen LogP contribution in [0.3, 0.4) is 0 Å². The van der Waals surface area contributed by atoms with E-state index in [1.165, 1.54) is 5.39 Å². The molecular formula is C25H26N6O. The Kier molecular flexibility index (Phi) is 4.94. The van der Waals surface area contributed by atoms with Crippen molar-refractivity contribution < 1.29 is 4.74 Å². The highest BCUT2D eigenvalue weighted by Crippen LogP contribution is 2.37. The molecule has 4 aromatic rings. The highest BCUT2D eigenvalue weighted by Gasteiger charge is 2.26. The lowest BCUT2D eigenvalue weighted by Gasteiger charge is -2.34. The van der Waals surface area contributed by atoms with E-state index in [4.69, 9.17) is 14.7 Å². The number of hydrogen-bond acceptors (Lipinski definition) is 7. The van der Waals surface area contributed by atoms with E-state index in [0.717, 1.165) is 58.4 Å². The quantitative estimate of drug-likeness (QED) is 0.518. The number of rotatable bonds is 3. The van der Waals surface area contributed by atoms with E-state index in [-0.39, 0.29) is 12.1 Å². The standard InChI is InChI=1S/C25H26N6O/c1-16-15-32-11-10-31(16)23-12-20(21-14-26-13-17-4-2-3-5-18(17)21)19-6-8-27-25(24(19)29-23)22-7-9-28-30-22/h2-6,8,12-14,16,22,28,30H,7,9-11,15H2,1H3/t16-,22?/m1/s1. The fourth-order valence-corrected chi connectivity index (χ4v) is 4.87. The molecule has 3 aromatic heterocycles. The average Bonchev–Trinajstić information content (AvgIpc) is 3.38. The smallest absolute Gasteiger partial charge is 0.130 e. The summed E-state index contributed by atoms with van der Waals surface area (Å²) < 4.78 is 5.69. The molecule has 2 saturated heterocycles. The van der Waals surface area contributed by atoms with Crippen molar-refractivity contribution >= 4 is 27.5 Å². The maximum absolute atomic E-state index is 5.69. The van der Waals surface area contributed by atoms with Gasteiger partial charge in [0.2, 0.25) is 0 Å². The number of nitrogens with zero attached hydrogens (tertiary/aromatic N) is 4. The van der Waals surface area contributed by atoms with Crippen LogP contribution in [0.4, 0.5) is 5.82 Å². The number of fused-ring (bicyclic) bond motifs is 2. The third-order valence-electron chi connectivity index (χ3n) is 6.53. The lowest BCUT2D eigenvalue weighted by Crippen LogP contribution is -2.44. The van der Waals surface area contributed by atoms with Gasteiger partial charge in [0.15, 0.2) is 0 Å². The molecular weight excluding hydrogens is 400 g/mol. The summed E-state index contributed by atoms with van der Waals surface area (Å²) in [6.45, 7) is 5.35. The van der Waals surface area contributed by atoms with Crippen LogP contribution in [-0.2, 0) is 4.74 Å². The van der Waals surface area contributed by atoms with Crippen LogP contribution in [-0.4, -0.2) is 47.3 Å². The zero-order valence-electron chi connectivity index (χ0n) is 18.1. The van der Waals surface area contributed by atoms with Crippen molar-refractivity contribution in [2.24, 2.45) is 0 Å². The van der Waals surface area contributed by atoms with Crippen LogP contribution in [0.25, 0.3) is 32.8 Å². The fourth-order valence-electron chi connectivity index (χ4n) is 4.87. The third-order valence-corrected chi connectivity index (χ3v) is 6.53. The average molecular weight is 427 g/mol. The lowest BCUT2D eigenvalue weighted by atomic mass is 9.96. The molecule has 2 aliphatic rings. The van der Waals surface area contributed by atoms with Crippen LogP contribution in [0.5, 0.6) is 0 Å². The van der Waals surface area contributed by atoms with Gasteiger partial charge in [-0.2, -0.15) is 0 Å². The first-order chi connectivity index (χ1) is 15.8. The molecule has 0 bridgehead atoms. The molecule has 7 heteroatoms. The number of ether oxygens (including phenoxy) is 1. The SMILES string of the molecule is C[C@@H]1COCCN1c1cc(-c2cncc3ccccc23)c2ccnc(C3CCNN3)c2n1. The van der Waals surface area contributed by atoms with Gasteiger partial charge in [-0.3, -0.25) is 15.4 Å². The van der Waals surface area contributed by atoms with Crippen LogP contribution in [0.2, 0.25) is 0 Å². The van der Waals surface area contributed by atoms with Crippen LogP contribution in [0.15, 0.2) is 55.0 Å². The number of morpholine rings is 1. The number of anilines is 1. The van der Waals surface area contributed by atoms with Crippen molar-refractivity contribution in [3.05, 3.63) is 60.7 Å². The monoisotopic (exact) mass is 426 g/mol. The number of hydrazine groups is 1. The molecule has 0 amide bonds. The summed E-state index contributed by atoms with van der Waals surface area (Å²) in [6, 6.07) is 13.1. The van der Waals surface area contributed by atoms with E-state index < -0.39 is 0 Å². The van der Waals surface area contributed by atoms with Gasteiger partial charge in [0, 0.05) is 48.0 Å². The fraction of sp³-hybridized carbons (Fsp3) is 0.320. The third kappa shape index (κ3) is 3.30. The van der Waals surface area contributed by atoms with Crippen LogP contribution in [0.1, 0.15) is 25.1 Å². The van der Waals surface area contributed by atoms with E-state index >= 15 is 0 Å². The molecule has 2 atom stereocenters. The number of benzene rings is 1. The molecule has 0 radical (unpaired) electrons. The largest absolute Gasteiger partial charge is 0.377 e. The van der Waals surface area contributed by atoms with Crippen LogP contribution < -0.4 is 15.8 Å². The highest BCUT2D eigenvalue weighted by molar-refractivity contribution is 6.05. The zero-order chi connectivity index (χ0) is 21.5.